The fraction of sp³-hybridized carbons (Fsp3) is 0.647. The zero-order chi connectivity index (χ0) is 16.8. The van der Waals surface area contributed by atoms with E-state index in [2.05, 4.69) is 32.4 Å². The van der Waals surface area contributed by atoms with Crippen molar-refractivity contribution in [3.05, 3.63) is 30.4 Å². The van der Waals surface area contributed by atoms with Crippen molar-refractivity contribution in [3.8, 4) is 0 Å². The van der Waals surface area contributed by atoms with Crippen molar-refractivity contribution in [1.29, 1.82) is 0 Å². The van der Waals surface area contributed by atoms with Gasteiger partial charge in [-0.1, -0.05) is 6.58 Å². The molecular weight excluding hydrogens is 297 g/mol. The molecule has 6 heteroatoms. The predicted molar refractivity (Wildman–Crippen MR) is 84.4 cm³/mol. The number of carbonyl (C=O) groups is 1. The molecule has 0 radical (unpaired) electrons. The van der Waals surface area contributed by atoms with E-state index in [1.165, 1.54) is 0 Å². The molecule has 1 atom stereocenters. The third-order valence-corrected chi connectivity index (χ3v) is 4.96. The maximum atomic E-state index is 13.4. The number of likely N-dealkylation sites (tertiary alicyclic amines) is 1. The van der Waals surface area contributed by atoms with Crippen LogP contribution in [0.25, 0.3) is 0 Å². The lowest BCUT2D eigenvalue weighted by Crippen LogP contribution is -2.62. The summed E-state index contributed by atoms with van der Waals surface area (Å²) in [4.78, 5) is 13.7. The molecular formula is C17H24FN3O2. The highest BCUT2D eigenvalue weighted by Gasteiger charge is 2.56. The highest BCUT2D eigenvalue weighted by Crippen LogP contribution is 2.55. The summed E-state index contributed by atoms with van der Waals surface area (Å²) >= 11 is 0. The lowest BCUT2D eigenvalue weighted by molar-refractivity contribution is -0.166. The van der Waals surface area contributed by atoms with E-state index in [9.17, 15) is 9.18 Å². The first-order valence-electron chi connectivity index (χ1n) is 8.03. The predicted octanol–water partition coefficient (Wildman–Crippen LogP) is 2.80. The number of ether oxygens (including phenoxy) is 1. The van der Waals surface area contributed by atoms with E-state index in [0.717, 1.165) is 18.4 Å². The summed E-state index contributed by atoms with van der Waals surface area (Å²) < 4.78 is 20.7. The van der Waals surface area contributed by atoms with Gasteiger partial charge in [-0.25, -0.2) is 4.39 Å². The van der Waals surface area contributed by atoms with E-state index < -0.39 is 11.7 Å². The Hall–Kier alpha value is -1.69. The van der Waals surface area contributed by atoms with Gasteiger partial charge in [0.15, 0.2) is 5.83 Å². The highest BCUT2D eigenvalue weighted by atomic mass is 19.1. The van der Waals surface area contributed by atoms with Crippen LogP contribution in [0.5, 0.6) is 0 Å². The van der Waals surface area contributed by atoms with Crippen LogP contribution in [-0.2, 0) is 15.1 Å². The molecule has 23 heavy (non-hydrogen) atoms. The first kappa shape index (κ1) is 16.2. The molecule has 0 aromatic carbocycles. The molecule has 0 N–H and O–H groups in total. The number of rotatable bonds is 2. The first-order chi connectivity index (χ1) is 10.7. The van der Waals surface area contributed by atoms with Gasteiger partial charge in [0, 0.05) is 36.9 Å². The van der Waals surface area contributed by atoms with E-state index >= 15 is 0 Å². The van der Waals surface area contributed by atoms with E-state index in [0.29, 0.717) is 19.8 Å². The van der Waals surface area contributed by atoms with Gasteiger partial charge in [-0.05, 0) is 33.6 Å². The molecule has 0 aliphatic carbocycles. The number of nitrogens with zero attached hydrogens (tertiary/aromatic N) is 3. The number of hydrogen-bond donors (Lipinski definition) is 0. The smallest absolute Gasteiger partial charge is 0.282 e. The van der Waals surface area contributed by atoms with Crippen LogP contribution in [0.1, 0.15) is 45.2 Å². The fourth-order valence-electron chi connectivity index (χ4n) is 3.67. The Bertz CT molecular complexity index is 626. The van der Waals surface area contributed by atoms with E-state index in [4.69, 9.17) is 4.74 Å². The minimum Gasteiger partial charge on any atom is -0.381 e. The molecule has 2 aliphatic heterocycles. The van der Waals surface area contributed by atoms with Gasteiger partial charge in [-0.2, -0.15) is 5.10 Å². The molecule has 0 saturated carbocycles. The summed E-state index contributed by atoms with van der Waals surface area (Å²) in [7, 11) is 0. The van der Waals surface area contributed by atoms with Gasteiger partial charge < -0.3 is 9.64 Å². The Morgan fingerprint density at radius 1 is 1.43 bits per heavy atom. The normalized spacial score (nSPS) is 23.7. The molecule has 1 unspecified atom stereocenters. The zero-order valence-corrected chi connectivity index (χ0v) is 14.0. The summed E-state index contributed by atoms with van der Waals surface area (Å²) in [6.07, 6.45) is 5.53. The van der Waals surface area contributed by atoms with Crippen LogP contribution in [0.4, 0.5) is 4.39 Å². The number of halogens is 1. The van der Waals surface area contributed by atoms with E-state index in [1.807, 2.05) is 10.9 Å². The zero-order valence-electron chi connectivity index (χ0n) is 14.0. The van der Waals surface area contributed by atoms with Crippen molar-refractivity contribution in [1.82, 2.24) is 14.7 Å². The molecule has 2 fully saturated rings. The monoisotopic (exact) mass is 321 g/mol. The molecule has 2 aliphatic rings. The first-order valence-corrected chi connectivity index (χ1v) is 8.03. The summed E-state index contributed by atoms with van der Waals surface area (Å²) in [5, 5.41) is 4.44. The van der Waals surface area contributed by atoms with E-state index in [-0.39, 0.29) is 17.0 Å². The number of amides is 1. The maximum absolute atomic E-state index is 13.4. The number of aromatic nitrogens is 2. The average molecular weight is 321 g/mol. The van der Waals surface area contributed by atoms with Crippen molar-refractivity contribution in [2.45, 2.75) is 45.2 Å². The Balaban J connectivity index is 1.93. The fourth-order valence-corrected chi connectivity index (χ4v) is 3.67. The molecule has 3 rings (SSSR count). The summed E-state index contributed by atoms with van der Waals surface area (Å²) in [5.41, 5.74) is 0.793. The minimum atomic E-state index is -0.903. The van der Waals surface area contributed by atoms with Gasteiger partial charge in [0.05, 0.1) is 17.8 Å². The van der Waals surface area contributed by atoms with Crippen molar-refractivity contribution in [2.75, 3.05) is 19.8 Å². The van der Waals surface area contributed by atoms with Gasteiger partial charge in [-0.15, -0.1) is 0 Å². The summed E-state index contributed by atoms with van der Waals surface area (Å²) in [5.74, 6) is -1.52. The van der Waals surface area contributed by atoms with Gasteiger partial charge in [0.25, 0.3) is 5.91 Å². The second-order valence-corrected chi connectivity index (χ2v) is 7.60. The minimum absolute atomic E-state index is 0.0326. The van der Waals surface area contributed by atoms with Crippen LogP contribution in [0.3, 0.4) is 0 Å². The van der Waals surface area contributed by atoms with Crippen LogP contribution in [0.15, 0.2) is 24.8 Å². The van der Waals surface area contributed by atoms with Crippen molar-refractivity contribution >= 4 is 5.91 Å². The van der Waals surface area contributed by atoms with Gasteiger partial charge in [-0.3, -0.25) is 9.48 Å². The van der Waals surface area contributed by atoms with Crippen LogP contribution >= 0.6 is 0 Å². The van der Waals surface area contributed by atoms with Crippen molar-refractivity contribution in [2.24, 2.45) is 5.41 Å². The van der Waals surface area contributed by atoms with Gasteiger partial charge >= 0.3 is 0 Å². The number of carbonyl (C=O) groups excluding carboxylic acids is 1. The second-order valence-electron chi connectivity index (χ2n) is 7.60. The number of hydrogen-bond acceptors (Lipinski definition) is 3. The quantitative estimate of drug-likeness (QED) is 0.787. The molecule has 1 aromatic heterocycles. The SMILES string of the molecule is C=C(F)C(=O)N1CC2(CCOCC2)C1c1cnn(C(C)(C)C)c1. The van der Waals surface area contributed by atoms with Crippen LogP contribution in [0, 0.1) is 5.41 Å². The van der Waals surface area contributed by atoms with Crippen LogP contribution in [-0.4, -0.2) is 40.3 Å². The standard InChI is InChI=1S/C17H24FN3O2/c1-12(18)15(22)20-11-17(5-7-23-8-6-17)14(20)13-9-19-21(10-13)16(2,3)4/h9-10,14H,1,5-8,11H2,2-4H3. The Morgan fingerprint density at radius 2 is 2.09 bits per heavy atom. The summed E-state index contributed by atoms with van der Waals surface area (Å²) in [6.45, 7) is 11.3. The molecule has 3 heterocycles. The Morgan fingerprint density at radius 3 is 2.61 bits per heavy atom. The Kier molecular flexibility index (Phi) is 3.83. The van der Waals surface area contributed by atoms with Gasteiger partial charge in [0.2, 0.25) is 0 Å². The van der Waals surface area contributed by atoms with Crippen LogP contribution in [0.2, 0.25) is 0 Å². The summed E-state index contributed by atoms with van der Waals surface area (Å²) in [6, 6.07) is -0.150. The Labute approximate surface area is 136 Å². The largest absolute Gasteiger partial charge is 0.381 e. The third kappa shape index (κ3) is 2.69. The molecule has 126 valence electrons. The van der Waals surface area contributed by atoms with E-state index in [1.54, 1.807) is 11.1 Å². The highest BCUT2D eigenvalue weighted by molar-refractivity contribution is 5.91. The van der Waals surface area contributed by atoms with Crippen molar-refractivity contribution < 1.29 is 13.9 Å². The molecule has 2 saturated heterocycles. The third-order valence-electron chi connectivity index (χ3n) is 4.96. The maximum Gasteiger partial charge on any atom is 0.282 e. The molecule has 0 bridgehead atoms. The molecule has 1 spiro atoms. The van der Waals surface area contributed by atoms with Crippen molar-refractivity contribution in [3.63, 3.8) is 0 Å². The molecule has 1 aromatic rings. The second kappa shape index (κ2) is 5.44. The molecule has 5 nitrogen and oxygen atoms in total. The van der Waals surface area contributed by atoms with Crippen LogP contribution < -0.4 is 0 Å². The lowest BCUT2D eigenvalue weighted by Gasteiger charge is -2.58. The molecule has 1 amide bonds. The average Bonchev–Trinajstić information content (AvgIpc) is 2.94. The topological polar surface area (TPSA) is 47.4 Å². The van der Waals surface area contributed by atoms with Gasteiger partial charge in [0.1, 0.15) is 0 Å². The lowest BCUT2D eigenvalue weighted by atomic mass is 9.64.